The number of hydrogen-bond acceptors (Lipinski definition) is 3. The lowest BCUT2D eigenvalue weighted by atomic mass is 10.2. The van der Waals surface area contributed by atoms with Crippen LogP contribution in [0.3, 0.4) is 0 Å². The first kappa shape index (κ1) is 13.8. The van der Waals surface area contributed by atoms with Gasteiger partial charge in [0.1, 0.15) is 0 Å². The molecule has 0 fully saturated rings. The lowest BCUT2D eigenvalue weighted by molar-refractivity contribution is 0.585. The number of imidazole rings is 1. The van der Waals surface area contributed by atoms with Gasteiger partial charge in [-0.3, -0.25) is 0 Å². The summed E-state index contributed by atoms with van der Waals surface area (Å²) in [4.78, 5) is 4.32. The zero-order valence-corrected chi connectivity index (χ0v) is 12.8. The topological polar surface area (TPSA) is 43.8 Å². The fourth-order valence-corrected chi connectivity index (χ4v) is 2.32. The third kappa shape index (κ3) is 2.56. The average molecular weight is 304 g/mol. The number of halogens is 2. The Hall–Kier alpha value is -0.580. The number of fused-ring (bicyclic) bond motifs is 1. The highest BCUT2D eigenvalue weighted by Crippen LogP contribution is 2.31. The molecule has 0 amide bonds. The van der Waals surface area contributed by atoms with Crippen LogP contribution in [0.25, 0.3) is 11.0 Å². The molecule has 2 rings (SSSR count). The second kappa shape index (κ2) is 4.83. The number of hydrogen-bond donors (Lipinski definition) is 1. The molecule has 1 aromatic carbocycles. The lowest BCUT2D eigenvalue weighted by Crippen LogP contribution is -2.23. The number of aromatic nitrogens is 2. The van der Waals surface area contributed by atoms with E-state index in [1.54, 1.807) is 17.8 Å². The van der Waals surface area contributed by atoms with Gasteiger partial charge in [0.25, 0.3) is 0 Å². The number of rotatable bonds is 3. The SMILES string of the molecule is CSC(C)(C)Cn1c(N)nc2cc(Cl)c(Cl)cc21. The number of anilines is 1. The van der Waals surface area contributed by atoms with Crippen LogP contribution in [-0.2, 0) is 6.54 Å². The molecule has 98 valence electrons. The Morgan fingerprint density at radius 2 is 1.94 bits per heavy atom. The molecule has 2 aromatic rings. The molecule has 3 nitrogen and oxygen atoms in total. The molecule has 0 spiro atoms. The molecule has 0 bridgehead atoms. The summed E-state index contributed by atoms with van der Waals surface area (Å²) in [5.41, 5.74) is 7.67. The van der Waals surface area contributed by atoms with Gasteiger partial charge < -0.3 is 10.3 Å². The van der Waals surface area contributed by atoms with Crippen molar-refractivity contribution in [3.8, 4) is 0 Å². The van der Waals surface area contributed by atoms with Gasteiger partial charge in [-0.05, 0) is 32.2 Å². The molecule has 0 atom stereocenters. The molecule has 0 unspecified atom stereocenters. The Morgan fingerprint density at radius 1 is 1.33 bits per heavy atom. The fourth-order valence-electron chi connectivity index (χ4n) is 1.75. The maximum absolute atomic E-state index is 6.05. The van der Waals surface area contributed by atoms with E-state index in [-0.39, 0.29) is 4.75 Å². The van der Waals surface area contributed by atoms with Crippen molar-refractivity contribution in [3.63, 3.8) is 0 Å². The van der Waals surface area contributed by atoms with Crippen molar-refractivity contribution in [1.29, 1.82) is 0 Å². The maximum atomic E-state index is 6.05. The molecular weight excluding hydrogens is 289 g/mol. The van der Waals surface area contributed by atoms with Gasteiger partial charge in [0, 0.05) is 11.3 Å². The lowest BCUT2D eigenvalue weighted by Gasteiger charge is -2.23. The molecule has 0 radical (unpaired) electrons. The standard InChI is InChI=1S/C12H15Cl2N3S/c1-12(2,18-3)6-17-10-5-8(14)7(13)4-9(10)16-11(17)15/h4-5H,6H2,1-3H3,(H2,15,16). The van der Waals surface area contributed by atoms with E-state index >= 15 is 0 Å². The fraction of sp³-hybridized carbons (Fsp3) is 0.417. The summed E-state index contributed by atoms with van der Waals surface area (Å²) >= 11 is 13.8. The molecular formula is C12H15Cl2N3S. The quantitative estimate of drug-likeness (QED) is 0.929. The Labute approximate surface area is 121 Å². The molecule has 6 heteroatoms. The summed E-state index contributed by atoms with van der Waals surface area (Å²) in [5.74, 6) is 0.491. The minimum atomic E-state index is 0.0772. The summed E-state index contributed by atoms with van der Waals surface area (Å²) < 4.78 is 2.06. The van der Waals surface area contributed by atoms with Crippen LogP contribution in [0.15, 0.2) is 12.1 Å². The van der Waals surface area contributed by atoms with E-state index in [1.807, 2.05) is 10.6 Å². The molecule has 0 aliphatic heterocycles. The molecule has 0 saturated carbocycles. The summed E-state index contributed by atoms with van der Waals surface area (Å²) in [6.07, 6.45) is 2.08. The zero-order chi connectivity index (χ0) is 13.5. The monoisotopic (exact) mass is 303 g/mol. The van der Waals surface area contributed by atoms with Crippen LogP contribution in [-0.4, -0.2) is 20.6 Å². The summed E-state index contributed by atoms with van der Waals surface area (Å²) in [7, 11) is 0. The normalized spacial score (nSPS) is 12.3. The highest BCUT2D eigenvalue weighted by molar-refractivity contribution is 7.99. The predicted molar refractivity (Wildman–Crippen MR) is 81.8 cm³/mol. The van der Waals surface area contributed by atoms with Crippen molar-refractivity contribution < 1.29 is 0 Å². The van der Waals surface area contributed by atoms with Gasteiger partial charge in [-0.25, -0.2) is 4.98 Å². The van der Waals surface area contributed by atoms with Crippen molar-refractivity contribution in [3.05, 3.63) is 22.2 Å². The summed E-state index contributed by atoms with van der Waals surface area (Å²) in [6.45, 7) is 5.11. The number of benzene rings is 1. The summed E-state index contributed by atoms with van der Waals surface area (Å²) in [5, 5.41) is 1.02. The minimum Gasteiger partial charge on any atom is -0.369 e. The first-order chi connectivity index (χ1) is 8.34. The van der Waals surface area contributed by atoms with Crippen LogP contribution < -0.4 is 5.73 Å². The third-order valence-corrected chi connectivity index (χ3v) is 4.87. The minimum absolute atomic E-state index is 0.0772. The van der Waals surface area contributed by atoms with Crippen LogP contribution >= 0.6 is 35.0 Å². The number of thioether (sulfide) groups is 1. The number of nitrogens with zero attached hydrogens (tertiary/aromatic N) is 2. The molecule has 2 N–H and O–H groups in total. The first-order valence-corrected chi connectivity index (χ1v) is 7.48. The van der Waals surface area contributed by atoms with Crippen LogP contribution in [0.2, 0.25) is 10.0 Å². The molecule has 0 saturated heterocycles. The van der Waals surface area contributed by atoms with Gasteiger partial charge in [0.2, 0.25) is 5.95 Å². The van der Waals surface area contributed by atoms with E-state index < -0.39 is 0 Å². The van der Waals surface area contributed by atoms with Gasteiger partial charge in [-0.2, -0.15) is 11.8 Å². The second-order valence-electron chi connectivity index (χ2n) is 4.77. The smallest absolute Gasteiger partial charge is 0.201 e. The van der Waals surface area contributed by atoms with E-state index in [0.717, 1.165) is 17.6 Å². The molecule has 0 aliphatic rings. The Bertz CT molecular complexity index is 593. The van der Waals surface area contributed by atoms with Crippen molar-refractivity contribution in [1.82, 2.24) is 9.55 Å². The number of nitrogen functional groups attached to an aromatic ring is 1. The van der Waals surface area contributed by atoms with Crippen LogP contribution in [0.1, 0.15) is 13.8 Å². The Balaban J connectivity index is 2.57. The van der Waals surface area contributed by atoms with Crippen molar-refractivity contribution in [2.45, 2.75) is 25.1 Å². The Kier molecular flexibility index (Phi) is 3.72. The highest BCUT2D eigenvalue weighted by Gasteiger charge is 2.20. The number of nitrogens with two attached hydrogens (primary N) is 1. The molecule has 1 heterocycles. The van der Waals surface area contributed by atoms with E-state index in [9.17, 15) is 0 Å². The van der Waals surface area contributed by atoms with Crippen LogP contribution in [0, 0.1) is 0 Å². The van der Waals surface area contributed by atoms with Crippen molar-refractivity contribution >= 4 is 51.9 Å². The van der Waals surface area contributed by atoms with E-state index in [2.05, 4.69) is 25.1 Å². The van der Waals surface area contributed by atoms with Crippen molar-refractivity contribution in [2.75, 3.05) is 12.0 Å². The van der Waals surface area contributed by atoms with Gasteiger partial charge in [-0.15, -0.1) is 0 Å². The summed E-state index contributed by atoms with van der Waals surface area (Å²) in [6, 6.07) is 3.57. The maximum Gasteiger partial charge on any atom is 0.201 e. The van der Waals surface area contributed by atoms with E-state index in [4.69, 9.17) is 28.9 Å². The average Bonchev–Trinajstić information content (AvgIpc) is 2.57. The Morgan fingerprint density at radius 3 is 2.56 bits per heavy atom. The van der Waals surface area contributed by atoms with Gasteiger partial charge in [-0.1, -0.05) is 23.2 Å². The predicted octanol–water partition coefficient (Wildman–Crippen LogP) is 4.07. The van der Waals surface area contributed by atoms with Crippen LogP contribution in [0.4, 0.5) is 5.95 Å². The first-order valence-electron chi connectivity index (χ1n) is 5.50. The second-order valence-corrected chi connectivity index (χ2v) is 7.10. The molecule has 1 aromatic heterocycles. The largest absolute Gasteiger partial charge is 0.369 e. The van der Waals surface area contributed by atoms with Gasteiger partial charge in [0.15, 0.2) is 0 Å². The molecule has 18 heavy (non-hydrogen) atoms. The highest BCUT2D eigenvalue weighted by atomic mass is 35.5. The zero-order valence-electron chi connectivity index (χ0n) is 10.5. The van der Waals surface area contributed by atoms with Gasteiger partial charge in [0.05, 0.1) is 21.1 Å². The van der Waals surface area contributed by atoms with E-state index in [1.165, 1.54) is 0 Å². The van der Waals surface area contributed by atoms with Crippen LogP contribution in [0.5, 0.6) is 0 Å². The van der Waals surface area contributed by atoms with Crippen molar-refractivity contribution in [2.24, 2.45) is 0 Å². The molecule has 0 aliphatic carbocycles. The third-order valence-electron chi connectivity index (χ3n) is 2.91. The van der Waals surface area contributed by atoms with E-state index in [0.29, 0.717) is 16.0 Å². The van der Waals surface area contributed by atoms with Gasteiger partial charge >= 0.3 is 0 Å².